The van der Waals surface area contributed by atoms with Gasteiger partial charge in [-0.3, -0.25) is 15.0 Å². The van der Waals surface area contributed by atoms with Gasteiger partial charge in [0.1, 0.15) is 35.7 Å². The molecule has 3 amide bonds. The number of benzene rings is 2. The van der Waals surface area contributed by atoms with E-state index in [2.05, 4.69) is 25.3 Å². The van der Waals surface area contributed by atoms with Gasteiger partial charge in [-0.1, -0.05) is 13.0 Å². The summed E-state index contributed by atoms with van der Waals surface area (Å²) in [5, 5.41) is 7.04. The molecule has 12 nitrogen and oxygen atoms in total. The molecule has 3 aromatic rings. The van der Waals surface area contributed by atoms with E-state index in [4.69, 9.17) is 24.2 Å². The van der Waals surface area contributed by atoms with E-state index in [1.807, 2.05) is 25.1 Å². The van der Waals surface area contributed by atoms with Crippen molar-refractivity contribution in [1.29, 1.82) is 0 Å². The second-order valence-electron chi connectivity index (χ2n) is 15.6. The lowest BCUT2D eigenvalue weighted by Crippen LogP contribution is -2.59. The van der Waals surface area contributed by atoms with Gasteiger partial charge in [-0.25, -0.2) is 13.6 Å². The van der Waals surface area contributed by atoms with E-state index in [0.29, 0.717) is 82.0 Å². The second kappa shape index (κ2) is 13.5. The van der Waals surface area contributed by atoms with E-state index in [1.165, 1.54) is 6.07 Å². The summed E-state index contributed by atoms with van der Waals surface area (Å²) in [6.45, 7) is 6.10. The number of ether oxygens (including phenoxy) is 3. The number of imide groups is 1. The number of aromatic nitrogens is 2. The summed E-state index contributed by atoms with van der Waals surface area (Å²) < 4.78 is 48.8. The Morgan fingerprint density at radius 3 is 2.75 bits per heavy atom. The van der Waals surface area contributed by atoms with Crippen LogP contribution in [0.2, 0.25) is 0 Å². The van der Waals surface area contributed by atoms with E-state index >= 15 is 4.39 Å². The maximum absolute atomic E-state index is 15.4. The monoisotopic (exact) mass is 731 g/mol. The van der Waals surface area contributed by atoms with E-state index < -0.39 is 17.7 Å². The third-order valence-corrected chi connectivity index (χ3v) is 12.3. The fourth-order valence-electron chi connectivity index (χ4n) is 9.70. The van der Waals surface area contributed by atoms with Crippen molar-refractivity contribution in [2.45, 2.75) is 101 Å². The first kappa shape index (κ1) is 34.5. The Labute approximate surface area is 307 Å². The highest BCUT2D eigenvalue weighted by Crippen LogP contribution is 2.42. The topological polar surface area (TPSA) is 121 Å². The number of alkyl halides is 1. The van der Waals surface area contributed by atoms with Gasteiger partial charge in [-0.2, -0.15) is 9.97 Å². The third-order valence-electron chi connectivity index (χ3n) is 12.3. The summed E-state index contributed by atoms with van der Waals surface area (Å²) in [6, 6.07) is 7.04. The molecule has 0 bridgehead atoms. The van der Waals surface area contributed by atoms with Gasteiger partial charge in [0.15, 0.2) is 6.29 Å². The van der Waals surface area contributed by atoms with Crippen LogP contribution in [0.3, 0.4) is 0 Å². The molecule has 5 saturated heterocycles. The molecule has 0 radical (unpaired) electrons. The van der Waals surface area contributed by atoms with Crippen LogP contribution in [-0.2, 0) is 28.9 Å². The number of carbonyl (C=O) groups excluding carboxylic acids is 2. The van der Waals surface area contributed by atoms with Crippen LogP contribution in [0.5, 0.6) is 11.8 Å². The Kier molecular flexibility index (Phi) is 8.80. The van der Waals surface area contributed by atoms with Gasteiger partial charge in [-0.15, -0.1) is 0 Å². The molecular formula is C39H47F2N7O5. The molecule has 4 atom stereocenters. The Balaban J connectivity index is 1.09. The molecule has 5 fully saturated rings. The van der Waals surface area contributed by atoms with Crippen LogP contribution in [0.1, 0.15) is 75.1 Å². The fourth-order valence-corrected chi connectivity index (χ4v) is 9.70. The molecule has 2 N–H and O–H groups in total. The van der Waals surface area contributed by atoms with Crippen LogP contribution in [0.15, 0.2) is 24.3 Å². The molecule has 1 unspecified atom stereocenters. The first-order valence-electron chi connectivity index (χ1n) is 19.3. The van der Waals surface area contributed by atoms with Crippen LogP contribution >= 0.6 is 0 Å². The second-order valence-corrected chi connectivity index (χ2v) is 15.6. The molecule has 6 aliphatic rings. The molecular weight excluding hydrogens is 684 g/mol. The first-order chi connectivity index (χ1) is 25.7. The van der Waals surface area contributed by atoms with Gasteiger partial charge >= 0.3 is 12.0 Å². The molecule has 7 heterocycles. The van der Waals surface area contributed by atoms with Crippen molar-refractivity contribution in [2.24, 2.45) is 0 Å². The number of amides is 3. The van der Waals surface area contributed by atoms with Crippen molar-refractivity contribution < 1.29 is 32.6 Å². The maximum Gasteiger partial charge on any atom is 0.322 e. The predicted molar refractivity (Wildman–Crippen MR) is 194 cm³/mol. The van der Waals surface area contributed by atoms with Gasteiger partial charge in [-0.05, 0) is 81.0 Å². The SMILES string of the molecule is CCc1c(F)ccc2cc(OC3CCCCO3)cc(N3CCc4c(nc(OC[C@@]56CCCN5C[C@H](F)C6)nc4N4CCC[C@]5(C4)NC(=O)NC5=O)C3)c12. The highest BCUT2D eigenvalue weighted by atomic mass is 19.1. The van der Waals surface area contributed by atoms with Crippen molar-refractivity contribution in [3.05, 3.63) is 46.9 Å². The number of fused-ring (bicyclic) bond motifs is 3. The fraction of sp³-hybridized carbons (Fsp3) is 0.590. The predicted octanol–water partition coefficient (Wildman–Crippen LogP) is 4.93. The molecule has 14 heteroatoms. The largest absolute Gasteiger partial charge is 0.465 e. The van der Waals surface area contributed by atoms with Gasteiger partial charge in [0.2, 0.25) is 0 Å². The number of anilines is 2. The van der Waals surface area contributed by atoms with Crippen LogP contribution in [-0.4, -0.2) is 96.3 Å². The summed E-state index contributed by atoms with van der Waals surface area (Å²) in [7, 11) is 0. The lowest BCUT2D eigenvalue weighted by Gasteiger charge is -2.40. The van der Waals surface area contributed by atoms with Crippen LogP contribution in [0.25, 0.3) is 10.8 Å². The summed E-state index contributed by atoms with van der Waals surface area (Å²) >= 11 is 0. The Morgan fingerprint density at radius 1 is 1.06 bits per heavy atom. The molecule has 6 aliphatic heterocycles. The van der Waals surface area contributed by atoms with Crippen molar-refractivity contribution in [2.75, 3.05) is 55.7 Å². The molecule has 0 saturated carbocycles. The Morgan fingerprint density at radius 2 is 1.94 bits per heavy atom. The first-order valence-corrected chi connectivity index (χ1v) is 19.3. The van der Waals surface area contributed by atoms with Crippen LogP contribution in [0, 0.1) is 5.82 Å². The van der Waals surface area contributed by atoms with E-state index in [-0.39, 0.29) is 42.7 Å². The summed E-state index contributed by atoms with van der Waals surface area (Å²) in [5.41, 5.74) is 1.82. The summed E-state index contributed by atoms with van der Waals surface area (Å²) in [4.78, 5) is 41.8. The molecule has 9 rings (SSSR count). The highest BCUT2D eigenvalue weighted by Gasteiger charge is 2.51. The Hall–Kier alpha value is -4.30. The zero-order valence-corrected chi connectivity index (χ0v) is 30.2. The van der Waals surface area contributed by atoms with Crippen molar-refractivity contribution in [1.82, 2.24) is 25.5 Å². The maximum atomic E-state index is 15.4. The van der Waals surface area contributed by atoms with E-state index in [1.54, 1.807) is 0 Å². The minimum Gasteiger partial charge on any atom is -0.465 e. The number of hydrogen-bond donors (Lipinski definition) is 2. The number of urea groups is 1. The molecule has 1 aromatic heterocycles. The molecule has 282 valence electrons. The summed E-state index contributed by atoms with van der Waals surface area (Å²) in [6.07, 6.45) is 6.24. The van der Waals surface area contributed by atoms with Crippen molar-refractivity contribution in [3.8, 4) is 11.8 Å². The van der Waals surface area contributed by atoms with Gasteiger partial charge in [0, 0.05) is 55.2 Å². The van der Waals surface area contributed by atoms with Crippen LogP contribution in [0.4, 0.5) is 25.1 Å². The molecule has 1 spiro atoms. The molecule has 2 aromatic carbocycles. The van der Waals surface area contributed by atoms with Gasteiger partial charge < -0.3 is 29.3 Å². The summed E-state index contributed by atoms with van der Waals surface area (Å²) in [5.74, 6) is 0.787. The van der Waals surface area contributed by atoms with Gasteiger partial charge in [0.05, 0.1) is 30.9 Å². The van der Waals surface area contributed by atoms with Crippen molar-refractivity contribution >= 4 is 34.2 Å². The minimum atomic E-state index is -1.04. The number of piperidine rings is 1. The standard InChI is InChI=1S/C39H47F2N7O5/c1-2-27-29(41)9-8-24-17-26(53-32-7-3-4-16-51-32)18-31(33(24)27)46-15-10-28-30(21-46)42-37(52-23-38-11-5-14-48(38)20-25(40)19-38)43-34(28)47-13-6-12-39(22-47)35(49)44-36(50)45-39/h8-9,17-18,25,32H,2-7,10-16,19-23H2,1H3,(H2,44,45,49,50)/t25-,32?,38+,39-/m1/s1. The quantitative estimate of drug-likeness (QED) is 0.309. The lowest BCUT2D eigenvalue weighted by molar-refractivity contribution is -0.124. The number of carbonyl (C=O) groups is 2. The number of hydrogen-bond acceptors (Lipinski definition) is 10. The normalized spacial score (nSPS) is 28.7. The number of rotatable bonds is 8. The molecule has 0 aliphatic carbocycles. The third kappa shape index (κ3) is 6.21. The number of aryl methyl sites for hydroxylation is 1. The average molecular weight is 732 g/mol. The Bertz CT molecular complexity index is 1940. The van der Waals surface area contributed by atoms with Gasteiger partial charge in [0.25, 0.3) is 5.91 Å². The molecule has 53 heavy (non-hydrogen) atoms. The zero-order chi connectivity index (χ0) is 36.3. The van der Waals surface area contributed by atoms with Crippen molar-refractivity contribution in [3.63, 3.8) is 0 Å². The van der Waals surface area contributed by atoms with E-state index in [9.17, 15) is 14.0 Å². The number of nitrogens with one attached hydrogen (secondary N) is 2. The smallest absolute Gasteiger partial charge is 0.322 e. The van der Waals surface area contributed by atoms with Crippen LogP contribution < -0.4 is 29.9 Å². The number of halogens is 2. The highest BCUT2D eigenvalue weighted by molar-refractivity contribution is 6.07. The minimum absolute atomic E-state index is 0.209. The average Bonchev–Trinajstić information content (AvgIpc) is 3.78. The lowest BCUT2D eigenvalue weighted by atomic mass is 9.88. The zero-order valence-electron chi connectivity index (χ0n) is 30.2. The number of nitrogens with zero attached hydrogens (tertiary/aromatic N) is 5. The van der Waals surface area contributed by atoms with E-state index in [0.717, 1.165) is 66.4 Å².